The van der Waals surface area contributed by atoms with Crippen molar-refractivity contribution in [1.29, 1.82) is 0 Å². The third-order valence-corrected chi connectivity index (χ3v) is 5.34. The van der Waals surface area contributed by atoms with Crippen LogP contribution in [-0.4, -0.2) is 41.2 Å². The molecule has 2 amide bonds. The Morgan fingerprint density at radius 2 is 2.00 bits per heavy atom. The summed E-state index contributed by atoms with van der Waals surface area (Å²) in [6.45, 7) is 4.01. The zero-order chi connectivity index (χ0) is 17.9. The fourth-order valence-corrected chi connectivity index (χ4v) is 4.07. The van der Waals surface area contributed by atoms with Crippen LogP contribution in [0.5, 0.6) is 0 Å². The van der Waals surface area contributed by atoms with Crippen LogP contribution in [0.3, 0.4) is 0 Å². The number of amides is 2. The molecule has 1 aromatic rings. The van der Waals surface area contributed by atoms with E-state index in [2.05, 4.69) is 10.3 Å². The lowest BCUT2D eigenvalue weighted by molar-refractivity contribution is -0.346. The van der Waals surface area contributed by atoms with Gasteiger partial charge in [0.1, 0.15) is 0 Å². The Morgan fingerprint density at radius 3 is 2.72 bits per heavy atom. The Morgan fingerprint density at radius 1 is 1.28 bits per heavy atom. The summed E-state index contributed by atoms with van der Waals surface area (Å²) in [5.41, 5.74) is 6.99. The van der Waals surface area contributed by atoms with Gasteiger partial charge in [-0.1, -0.05) is 18.2 Å². The predicted molar refractivity (Wildman–Crippen MR) is 95.8 cm³/mol. The van der Waals surface area contributed by atoms with Crippen LogP contribution in [0, 0.1) is 0 Å². The van der Waals surface area contributed by atoms with Crippen molar-refractivity contribution in [1.82, 2.24) is 10.2 Å². The van der Waals surface area contributed by atoms with Crippen molar-refractivity contribution in [3.05, 3.63) is 35.4 Å². The molecule has 6 heteroatoms. The number of hydrogen-bond acceptors (Lipinski definition) is 3. The second-order valence-electron chi connectivity index (χ2n) is 7.10. The number of amidine groups is 1. The van der Waals surface area contributed by atoms with Gasteiger partial charge in [0.2, 0.25) is 11.7 Å². The Bertz CT molecular complexity index is 683. The Labute approximate surface area is 148 Å². The van der Waals surface area contributed by atoms with Gasteiger partial charge in [-0.3, -0.25) is 10.5 Å². The molecule has 2 saturated heterocycles. The molecule has 0 atom stereocenters. The molecule has 0 aliphatic carbocycles. The van der Waals surface area contributed by atoms with Crippen LogP contribution in [0.2, 0.25) is 0 Å². The number of carbonyl (C=O) groups is 2. The van der Waals surface area contributed by atoms with Crippen molar-refractivity contribution >= 4 is 17.6 Å². The first-order chi connectivity index (χ1) is 12.0. The number of benzene rings is 1. The lowest BCUT2D eigenvalue weighted by atomic mass is 9.78. The van der Waals surface area contributed by atoms with Gasteiger partial charge in [-0.2, -0.15) is 0 Å². The molecule has 1 spiro atoms. The quantitative estimate of drug-likeness (QED) is 0.529. The second kappa shape index (κ2) is 7.35. The van der Waals surface area contributed by atoms with E-state index in [1.165, 1.54) is 0 Å². The van der Waals surface area contributed by atoms with E-state index in [1.807, 2.05) is 23.1 Å². The maximum atomic E-state index is 12.7. The fourth-order valence-electron chi connectivity index (χ4n) is 4.07. The highest BCUT2D eigenvalue weighted by atomic mass is 16.2. The summed E-state index contributed by atoms with van der Waals surface area (Å²) in [6.07, 6.45) is 4.55. The minimum atomic E-state index is -0.223. The smallest absolute Gasteiger partial charge is 0.333 e. The molecule has 0 aromatic heterocycles. The SMILES string of the molecule is CC(N)=[NH+]C(=O)c1ccccc1CN1C(=O)CCCC12CCNCC2. The molecule has 3 rings (SSSR count). The molecule has 0 radical (unpaired) electrons. The summed E-state index contributed by atoms with van der Waals surface area (Å²) < 4.78 is 0. The molecular weight excluding hydrogens is 316 g/mol. The maximum Gasteiger partial charge on any atom is 0.339 e. The molecule has 6 nitrogen and oxygen atoms in total. The Hall–Kier alpha value is -2.21. The van der Waals surface area contributed by atoms with E-state index in [1.54, 1.807) is 13.0 Å². The van der Waals surface area contributed by atoms with Gasteiger partial charge < -0.3 is 10.2 Å². The summed E-state index contributed by atoms with van der Waals surface area (Å²) in [7, 11) is 0. The lowest BCUT2D eigenvalue weighted by Gasteiger charge is -2.49. The van der Waals surface area contributed by atoms with Crippen molar-refractivity contribution in [2.45, 2.75) is 51.1 Å². The zero-order valence-electron chi connectivity index (χ0n) is 14.8. The van der Waals surface area contributed by atoms with Gasteiger partial charge in [0.25, 0.3) is 0 Å². The minimum absolute atomic E-state index is 0.0694. The zero-order valence-corrected chi connectivity index (χ0v) is 14.8. The number of nitrogens with one attached hydrogen (secondary N) is 2. The van der Waals surface area contributed by atoms with E-state index in [-0.39, 0.29) is 17.4 Å². The maximum absolute atomic E-state index is 12.7. The average Bonchev–Trinajstić information content (AvgIpc) is 2.59. The monoisotopic (exact) mass is 343 g/mol. The van der Waals surface area contributed by atoms with E-state index in [9.17, 15) is 9.59 Å². The topological polar surface area (TPSA) is 89.4 Å². The number of piperidine rings is 2. The van der Waals surface area contributed by atoms with Gasteiger partial charge in [-0.05, 0) is 50.4 Å². The first-order valence-corrected chi connectivity index (χ1v) is 9.01. The first-order valence-electron chi connectivity index (χ1n) is 9.01. The molecule has 0 unspecified atom stereocenters. The third-order valence-electron chi connectivity index (χ3n) is 5.34. The molecule has 0 bridgehead atoms. The number of hydrogen-bond donors (Lipinski definition) is 3. The van der Waals surface area contributed by atoms with Gasteiger partial charge in [-0.15, -0.1) is 0 Å². The predicted octanol–water partition coefficient (Wildman–Crippen LogP) is -0.0808. The van der Waals surface area contributed by atoms with E-state index in [0.717, 1.165) is 44.3 Å². The normalized spacial score (nSPS) is 20.8. The molecule has 4 N–H and O–H groups in total. The van der Waals surface area contributed by atoms with Crippen molar-refractivity contribution < 1.29 is 14.6 Å². The number of likely N-dealkylation sites (tertiary alicyclic amines) is 1. The van der Waals surface area contributed by atoms with E-state index >= 15 is 0 Å². The molecular formula is C19H27N4O2+. The molecule has 1 aromatic carbocycles. The number of carbonyl (C=O) groups excluding carboxylic acids is 2. The first kappa shape index (κ1) is 17.6. The van der Waals surface area contributed by atoms with Crippen molar-refractivity contribution in [3.8, 4) is 0 Å². The van der Waals surface area contributed by atoms with Gasteiger partial charge in [0.15, 0.2) is 0 Å². The Kier molecular flexibility index (Phi) is 5.18. The van der Waals surface area contributed by atoms with Crippen LogP contribution in [0.25, 0.3) is 0 Å². The van der Waals surface area contributed by atoms with Crippen LogP contribution in [0.15, 0.2) is 24.3 Å². The third kappa shape index (κ3) is 3.74. The van der Waals surface area contributed by atoms with Gasteiger partial charge in [-0.25, -0.2) is 9.79 Å². The summed E-state index contributed by atoms with van der Waals surface area (Å²) in [5.74, 6) is 0.341. The van der Waals surface area contributed by atoms with Crippen molar-refractivity contribution in [2.24, 2.45) is 5.73 Å². The largest absolute Gasteiger partial charge is 0.339 e. The lowest BCUT2D eigenvalue weighted by Crippen LogP contribution is -2.78. The number of rotatable bonds is 3. The van der Waals surface area contributed by atoms with Crippen LogP contribution in [-0.2, 0) is 11.3 Å². The van der Waals surface area contributed by atoms with Crippen LogP contribution in [0.1, 0.15) is 54.9 Å². The van der Waals surface area contributed by atoms with Gasteiger partial charge in [0, 0.05) is 25.4 Å². The average molecular weight is 343 g/mol. The van der Waals surface area contributed by atoms with Gasteiger partial charge in [0.05, 0.1) is 5.56 Å². The standard InChI is InChI=1S/C19H26N4O2/c1-14(20)22-18(25)16-6-3-2-5-15(16)13-23-17(24)7-4-8-19(23)9-11-21-12-10-19/h2-3,5-6,21H,4,7-13H2,1H3,(H2,20,22,25)/p+1. The van der Waals surface area contributed by atoms with E-state index in [4.69, 9.17) is 5.73 Å². The highest BCUT2D eigenvalue weighted by molar-refractivity contribution is 5.91. The van der Waals surface area contributed by atoms with Crippen molar-refractivity contribution in [2.75, 3.05) is 13.1 Å². The summed E-state index contributed by atoms with van der Waals surface area (Å²) >= 11 is 0. The highest BCUT2D eigenvalue weighted by Gasteiger charge is 2.43. The van der Waals surface area contributed by atoms with E-state index in [0.29, 0.717) is 24.4 Å². The molecule has 2 heterocycles. The molecule has 134 valence electrons. The Balaban J connectivity index is 1.91. The highest BCUT2D eigenvalue weighted by Crippen LogP contribution is 2.37. The van der Waals surface area contributed by atoms with Crippen LogP contribution >= 0.6 is 0 Å². The summed E-state index contributed by atoms with van der Waals surface area (Å²) in [5, 5.41) is 3.39. The molecule has 2 aliphatic heterocycles. The van der Waals surface area contributed by atoms with Crippen LogP contribution in [0.4, 0.5) is 0 Å². The summed E-state index contributed by atoms with van der Waals surface area (Å²) in [4.78, 5) is 29.8. The van der Waals surface area contributed by atoms with Crippen molar-refractivity contribution in [3.63, 3.8) is 0 Å². The molecule has 2 aliphatic rings. The molecule has 0 saturated carbocycles. The molecule has 2 fully saturated rings. The number of nitrogens with two attached hydrogens (primary N) is 1. The van der Waals surface area contributed by atoms with Crippen LogP contribution < -0.4 is 16.0 Å². The van der Waals surface area contributed by atoms with E-state index < -0.39 is 0 Å². The van der Waals surface area contributed by atoms with Gasteiger partial charge >= 0.3 is 5.91 Å². The fraction of sp³-hybridized carbons (Fsp3) is 0.526. The second-order valence-corrected chi connectivity index (χ2v) is 7.10. The number of nitrogens with zero attached hydrogens (tertiary/aromatic N) is 1. The summed E-state index contributed by atoms with van der Waals surface area (Å²) in [6, 6.07) is 7.46. The molecule has 25 heavy (non-hydrogen) atoms. The minimum Gasteiger partial charge on any atom is -0.333 e.